The van der Waals surface area contributed by atoms with Gasteiger partial charge >= 0.3 is 0 Å². The predicted octanol–water partition coefficient (Wildman–Crippen LogP) is 8.29. The zero-order valence-corrected chi connectivity index (χ0v) is 40.2. The molecule has 2 aromatic heterocycles. The Bertz CT molecular complexity index is 2750. The number of fused-ring (bicyclic) bond motifs is 6. The third-order valence-electron chi connectivity index (χ3n) is 11.3. The van der Waals surface area contributed by atoms with E-state index in [9.17, 15) is 0 Å². The summed E-state index contributed by atoms with van der Waals surface area (Å²) in [6, 6.07) is 50.2. The van der Waals surface area contributed by atoms with Gasteiger partial charge in [0.2, 0.25) is 0 Å². The van der Waals surface area contributed by atoms with Crippen molar-refractivity contribution in [3.8, 4) is 45.5 Å². The fourth-order valence-corrected chi connectivity index (χ4v) is 14.3. The van der Waals surface area contributed by atoms with Gasteiger partial charge in [0.05, 0.1) is 0 Å². The van der Waals surface area contributed by atoms with Gasteiger partial charge in [0.15, 0.2) is 0 Å². The van der Waals surface area contributed by atoms with Crippen molar-refractivity contribution in [1.29, 1.82) is 0 Å². The van der Waals surface area contributed by atoms with E-state index in [0.717, 1.165) is 46.7 Å². The van der Waals surface area contributed by atoms with Crippen LogP contribution in [-0.2, 0) is 57.6 Å². The molecule has 0 amide bonds. The zero-order valence-electron chi connectivity index (χ0n) is 33.8. The summed E-state index contributed by atoms with van der Waals surface area (Å²) in [7, 11) is -3.06. The van der Waals surface area contributed by atoms with Crippen molar-refractivity contribution < 1.29 is 44.8 Å². The van der Waals surface area contributed by atoms with E-state index >= 15 is 0 Å². The molecule has 0 unspecified atom stereocenters. The Morgan fingerprint density at radius 3 is 1.38 bits per heavy atom. The SMILES string of the molecule is [Au].[Au].[C-]#Cc1ccc2c(c1)-c1ccccc1[Si]2(C)C.[C-]#Cc1ccc2c(c1)[Si](C)(C)c1ccccc1-2.[c-]1nc(CCc2cn(-c3ccccc3)[c-]n2)cn1-c1ccccc1. The van der Waals surface area contributed by atoms with Gasteiger partial charge in [0, 0.05) is 57.4 Å². The van der Waals surface area contributed by atoms with E-state index in [1.807, 2.05) is 94.3 Å². The van der Waals surface area contributed by atoms with Crippen molar-refractivity contribution in [1.82, 2.24) is 19.1 Å². The van der Waals surface area contributed by atoms with Gasteiger partial charge in [-0.05, 0) is 49.2 Å². The minimum absolute atomic E-state index is 0. The predicted molar refractivity (Wildman–Crippen MR) is 242 cm³/mol. The molecule has 8 heteroatoms. The average Bonchev–Trinajstić information content (AvgIpc) is 4.05. The summed E-state index contributed by atoms with van der Waals surface area (Å²) in [6.45, 7) is 9.55. The first-order chi connectivity index (χ1) is 28.2. The molecule has 0 aliphatic carbocycles. The second-order valence-corrected chi connectivity index (χ2v) is 24.3. The van der Waals surface area contributed by atoms with Gasteiger partial charge in [-0.3, -0.25) is 11.8 Å². The largest absolute Gasteiger partial charge is 0.433 e. The molecule has 304 valence electrons. The van der Waals surface area contributed by atoms with Crippen molar-refractivity contribution in [3.05, 3.63) is 206 Å². The third kappa shape index (κ3) is 8.94. The van der Waals surface area contributed by atoms with Crippen LogP contribution in [0.1, 0.15) is 22.5 Å². The smallest absolute Gasteiger partial charge is 0.113 e. The molecule has 60 heavy (non-hydrogen) atoms. The molecule has 0 fully saturated rings. The molecule has 0 N–H and O–H groups in total. The van der Waals surface area contributed by atoms with Gasteiger partial charge in [-0.1, -0.05) is 189 Å². The van der Waals surface area contributed by atoms with E-state index < -0.39 is 16.1 Å². The van der Waals surface area contributed by atoms with Crippen molar-refractivity contribution >= 4 is 36.9 Å². The second-order valence-electron chi connectivity index (χ2n) is 15.7. The number of para-hydroxylation sites is 2. The zero-order chi connectivity index (χ0) is 40.3. The molecule has 8 aromatic rings. The first-order valence-electron chi connectivity index (χ1n) is 19.5. The van der Waals surface area contributed by atoms with Gasteiger partial charge in [0.1, 0.15) is 16.1 Å². The summed E-state index contributed by atoms with van der Waals surface area (Å²) < 4.78 is 3.84. The molecule has 0 spiro atoms. The molecule has 0 bridgehead atoms. The maximum atomic E-state index is 7.26. The summed E-state index contributed by atoms with van der Waals surface area (Å²) in [5.41, 5.74) is 11.3. The maximum absolute atomic E-state index is 7.26. The molecule has 4 heterocycles. The van der Waals surface area contributed by atoms with Gasteiger partial charge in [0.25, 0.3) is 0 Å². The Balaban J connectivity index is 0.000000152. The van der Waals surface area contributed by atoms with E-state index in [-0.39, 0.29) is 44.8 Å². The number of benzene rings is 6. The van der Waals surface area contributed by atoms with Crippen molar-refractivity contribution in [2.45, 2.75) is 39.0 Å². The van der Waals surface area contributed by atoms with Gasteiger partial charge < -0.3 is 31.9 Å². The number of aromatic nitrogens is 4. The molecule has 6 aromatic carbocycles. The van der Waals surface area contributed by atoms with Crippen LogP contribution in [0.4, 0.5) is 0 Å². The Morgan fingerprint density at radius 1 is 0.467 bits per heavy atom. The molecule has 0 saturated carbocycles. The molecule has 0 saturated heterocycles. The van der Waals surface area contributed by atoms with Crippen molar-refractivity contribution in [2.24, 2.45) is 0 Å². The number of aryl methyl sites for hydroxylation is 2. The van der Waals surface area contributed by atoms with Crippen molar-refractivity contribution in [2.75, 3.05) is 0 Å². The van der Waals surface area contributed by atoms with Crippen LogP contribution in [0.25, 0.3) is 33.6 Å². The van der Waals surface area contributed by atoms with Gasteiger partial charge in [-0.25, -0.2) is 0 Å². The normalized spacial score (nSPS) is 12.8. The minimum Gasteiger partial charge on any atom is -0.433 e. The maximum Gasteiger partial charge on any atom is 0.113 e. The molecule has 2 radical (unpaired) electrons. The fourth-order valence-electron chi connectivity index (χ4n) is 8.17. The Kier molecular flexibility index (Phi) is 14.0. The first-order valence-corrected chi connectivity index (χ1v) is 25.5. The Morgan fingerprint density at radius 2 is 0.867 bits per heavy atom. The topological polar surface area (TPSA) is 35.6 Å². The van der Waals surface area contributed by atoms with Gasteiger partial charge in [-0.15, -0.1) is 35.4 Å². The molecule has 2 aliphatic rings. The van der Waals surface area contributed by atoms with Gasteiger partial charge in [-0.2, -0.15) is 0 Å². The molecule has 10 rings (SSSR count). The average molecular weight is 1170 g/mol. The fraction of sp³-hybridized carbons (Fsp3) is 0.115. The minimum atomic E-state index is -1.55. The van der Waals surface area contributed by atoms with Crippen LogP contribution in [0.3, 0.4) is 0 Å². The van der Waals surface area contributed by atoms with E-state index in [1.54, 1.807) is 0 Å². The molecule has 4 nitrogen and oxygen atoms in total. The summed E-state index contributed by atoms with van der Waals surface area (Å²) >= 11 is 0. The molecule has 2 aliphatic heterocycles. The standard InChI is InChI=1S/C20H16N4.2C16H13Si.2Au/c1-3-7-19(8-4-1)23-13-17(21-15-23)11-12-18-14-24(16-22-18)20-9-5-2-6-10-20;1-4-12-9-10-16-14(11-12)13-7-5-6-8-15(13)17(16,2)3;1-4-12-9-10-14-13-7-5-6-8-15(13)17(2,3)16(14)11-12;;/h1-10,13-14H,11-12H2;2*5-11H,2-3H3;;/q-2;2*-1;;. The van der Waals surface area contributed by atoms with Crippen LogP contribution in [0.2, 0.25) is 26.2 Å². The molecular weight excluding hydrogens is 1130 g/mol. The third-order valence-corrected chi connectivity index (χ3v) is 18.4. The number of hydrogen-bond donors (Lipinski definition) is 0. The Labute approximate surface area is 388 Å². The van der Waals surface area contributed by atoms with E-state index in [2.05, 4.69) is 133 Å². The monoisotopic (exact) mass is 1170 g/mol. The van der Waals surface area contributed by atoms with Crippen LogP contribution in [0, 0.1) is 37.3 Å². The summed E-state index contributed by atoms with van der Waals surface area (Å²) in [5, 5.41) is 5.95. The number of imidazole rings is 2. The van der Waals surface area contributed by atoms with E-state index in [0.29, 0.717) is 0 Å². The number of nitrogens with zero attached hydrogens (tertiary/aromatic N) is 4. The first kappa shape index (κ1) is 44.3. The summed E-state index contributed by atoms with van der Waals surface area (Å²) in [5.74, 6) is 4.97. The Hall–Kier alpha value is -5.23. The quantitative estimate of drug-likeness (QED) is 0.0990. The van der Waals surface area contributed by atoms with Crippen LogP contribution in [0.5, 0.6) is 0 Å². The van der Waals surface area contributed by atoms with E-state index in [1.165, 1.54) is 43.0 Å². The van der Waals surface area contributed by atoms with Crippen LogP contribution >= 0.6 is 0 Å². The summed E-state index contributed by atoms with van der Waals surface area (Å²) in [4.78, 5) is 8.73. The second kappa shape index (κ2) is 19.0. The van der Waals surface area contributed by atoms with Crippen LogP contribution in [0.15, 0.2) is 158 Å². The van der Waals surface area contributed by atoms with Crippen molar-refractivity contribution in [3.63, 3.8) is 0 Å². The van der Waals surface area contributed by atoms with E-state index in [4.69, 9.17) is 12.8 Å². The van der Waals surface area contributed by atoms with Crippen LogP contribution in [-0.4, -0.2) is 35.2 Å². The number of rotatable bonds is 5. The summed E-state index contributed by atoms with van der Waals surface area (Å²) in [6.07, 6.45) is 26.3. The molecule has 0 atom stereocenters. The molecular formula is C52H42Au2N4Si2-4. The number of hydrogen-bond acceptors (Lipinski definition) is 2. The van der Waals surface area contributed by atoms with Crippen LogP contribution < -0.4 is 20.7 Å².